The molecule has 0 aromatic heterocycles. The van der Waals surface area contributed by atoms with Gasteiger partial charge in [0.25, 0.3) is 0 Å². The Hall–Kier alpha value is -3.25. The second kappa shape index (κ2) is 8.70. The Labute approximate surface area is 211 Å². The van der Waals surface area contributed by atoms with Gasteiger partial charge in [-0.15, -0.1) is 0 Å². The van der Waals surface area contributed by atoms with Gasteiger partial charge < -0.3 is 24.1 Å². The highest BCUT2D eigenvalue weighted by Crippen LogP contribution is 2.59. The number of carboxylic acids is 1. The summed E-state index contributed by atoms with van der Waals surface area (Å²) >= 11 is 0. The maximum Gasteiger partial charge on any atom is 0.310 e. The molecule has 2 aromatic carbocycles. The molecule has 4 atom stereocenters. The van der Waals surface area contributed by atoms with Gasteiger partial charge in [0, 0.05) is 23.3 Å². The van der Waals surface area contributed by atoms with E-state index < -0.39 is 5.97 Å². The summed E-state index contributed by atoms with van der Waals surface area (Å²) in [4.78, 5) is 11.3. The van der Waals surface area contributed by atoms with E-state index in [9.17, 15) is 9.90 Å². The lowest BCUT2D eigenvalue weighted by molar-refractivity contribution is -0.140. The van der Waals surface area contributed by atoms with Gasteiger partial charge in [-0.3, -0.25) is 4.79 Å². The molecule has 2 aliphatic carbocycles. The Bertz CT molecular complexity index is 1250. The number of ether oxygens (including phenoxy) is 4. The summed E-state index contributed by atoms with van der Waals surface area (Å²) in [6.45, 7) is 9.08. The first kappa shape index (κ1) is 23.2. The van der Waals surface area contributed by atoms with Crippen LogP contribution in [-0.4, -0.2) is 37.0 Å². The van der Waals surface area contributed by atoms with Gasteiger partial charge in [-0.25, -0.2) is 0 Å². The van der Waals surface area contributed by atoms with Crippen LogP contribution in [0, 0.1) is 37.0 Å². The van der Waals surface area contributed by atoms with Crippen molar-refractivity contribution in [3.05, 3.63) is 76.8 Å². The monoisotopic (exact) mass is 488 g/mol. The zero-order valence-electron chi connectivity index (χ0n) is 21.0. The first-order valence-corrected chi connectivity index (χ1v) is 12.7. The second-order valence-electron chi connectivity index (χ2n) is 11.0. The van der Waals surface area contributed by atoms with Crippen molar-refractivity contribution in [2.45, 2.75) is 39.9 Å². The van der Waals surface area contributed by atoms with Crippen molar-refractivity contribution in [2.24, 2.45) is 23.2 Å². The van der Waals surface area contributed by atoms with E-state index in [1.54, 1.807) is 0 Å². The minimum atomic E-state index is -0.749. The Morgan fingerprint density at radius 2 is 1.92 bits per heavy atom. The van der Waals surface area contributed by atoms with Crippen LogP contribution in [-0.2, 0) is 25.6 Å². The predicted octanol–water partition coefficient (Wildman–Crippen LogP) is 5.42. The highest BCUT2D eigenvalue weighted by atomic mass is 16.5. The molecule has 4 aliphatic rings. The van der Waals surface area contributed by atoms with Crippen molar-refractivity contribution in [1.29, 1.82) is 0 Å². The Balaban J connectivity index is 1.11. The van der Waals surface area contributed by atoms with Gasteiger partial charge in [-0.05, 0) is 72.4 Å². The molecule has 2 aliphatic heterocycles. The first-order chi connectivity index (χ1) is 17.3. The number of allylic oxidation sites excluding steroid dienone is 3. The molecule has 0 spiro atoms. The smallest absolute Gasteiger partial charge is 0.310 e. The molecule has 1 N–H and O–H groups in total. The number of rotatable bonds is 8. The number of hydrogen-bond acceptors (Lipinski definition) is 5. The Kier molecular flexibility index (Phi) is 5.60. The van der Waals surface area contributed by atoms with Gasteiger partial charge in [-0.2, -0.15) is 0 Å². The summed E-state index contributed by atoms with van der Waals surface area (Å²) in [5.74, 6) is 1.76. The van der Waals surface area contributed by atoms with E-state index in [0.717, 1.165) is 48.0 Å². The van der Waals surface area contributed by atoms with Gasteiger partial charge >= 0.3 is 5.97 Å². The van der Waals surface area contributed by atoms with Crippen molar-refractivity contribution >= 4 is 5.97 Å². The molecule has 0 amide bonds. The van der Waals surface area contributed by atoms with Crippen molar-refractivity contribution in [3.8, 4) is 16.9 Å². The molecular formula is C30H32O6. The zero-order valence-corrected chi connectivity index (χ0v) is 21.0. The average Bonchev–Trinajstić information content (AvgIpc) is 3.42. The molecule has 3 fully saturated rings. The van der Waals surface area contributed by atoms with Crippen LogP contribution >= 0.6 is 0 Å². The Morgan fingerprint density at radius 3 is 2.61 bits per heavy atom. The molecule has 1 saturated carbocycles. The van der Waals surface area contributed by atoms with E-state index in [1.807, 2.05) is 6.08 Å². The highest BCUT2D eigenvalue weighted by molar-refractivity contribution is 5.76. The summed E-state index contributed by atoms with van der Waals surface area (Å²) < 4.78 is 23.4. The van der Waals surface area contributed by atoms with Crippen LogP contribution in [0.15, 0.2) is 60.1 Å². The molecule has 0 radical (unpaired) electrons. The molecule has 6 nitrogen and oxygen atoms in total. The van der Waals surface area contributed by atoms with Crippen LogP contribution in [0.1, 0.15) is 30.0 Å². The second-order valence-corrected chi connectivity index (χ2v) is 11.0. The quantitative estimate of drug-likeness (QED) is 0.535. The van der Waals surface area contributed by atoms with Crippen molar-refractivity contribution in [2.75, 3.05) is 19.8 Å². The van der Waals surface area contributed by atoms with E-state index in [1.165, 1.54) is 16.7 Å². The lowest BCUT2D eigenvalue weighted by atomic mass is 9.90. The van der Waals surface area contributed by atoms with Gasteiger partial charge in [0.05, 0.1) is 19.8 Å². The zero-order chi connectivity index (χ0) is 25.0. The number of hydrogen-bond donors (Lipinski definition) is 1. The SMILES string of the molecule is Cc1cc(OCC2(C)COC2)cc(C)c1-c1cccc(COC2=CCC3C(=C2)O[C@H]2[C@H](C(=O)O)[C@@H]32)c1. The maximum atomic E-state index is 11.3. The number of carboxylic acid groups (broad SMARTS) is 1. The third-order valence-corrected chi connectivity index (χ3v) is 7.87. The van der Waals surface area contributed by atoms with Crippen LogP contribution in [0.4, 0.5) is 0 Å². The number of aryl methyl sites for hydroxylation is 2. The van der Waals surface area contributed by atoms with Crippen LogP contribution in [0.2, 0.25) is 0 Å². The van der Waals surface area contributed by atoms with E-state index in [-0.39, 0.29) is 29.3 Å². The normalized spacial score (nSPS) is 27.0. The maximum absolute atomic E-state index is 11.3. The molecule has 6 heteroatoms. The molecule has 6 rings (SSSR count). The minimum Gasteiger partial charge on any atom is -0.493 e. The fraction of sp³-hybridized carbons (Fsp3) is 0.433. The average molecular weight is 489 g/mol. The third kappa shape index (κ3) is 4.17. The first-order valence-electron chi connectivity index (χ1n) is 12.7. The summed E-state index contributed by atoms with van der Waals surface area (Å²) in [5, 5.41) is 9.28. The van der Waals surface area contributed by atoms with Crippen molar-refractivity contribution in [3.63, 3.8) is 0 Å². The number of benzene rings is 2. The van der Waals surface area contributed by atoms with E-state index in [0.29, 0.717) is 13.2 Å². The molecule has 1 unspecified atom stereocenters. The van der Waals surface area contributed by atoms with E-state index in [2.05, 4.69) is 63.2 Å². The summed E-state index contributed by atoms with van der Waals surface area (Å²) in [5.41, 5.74) is 5.95. The molecule has 36 heavy (non-hydrogen) atoms. The third-order valence-electron chi connectivity index (χ3n) is 7.87. The van der Waals surface area contributed by atoms with Gasteiger partial charge in [0.2, 0.25) is 0 Å². The van der Waals surface area contributed by atoms with Crippen LogP contribution < -0.4 is 4.74 Å². The topological polar surface area (TPSA) is 74.2 Å². The molecule has 2 aromatic rings. The minimum absolute atomic E-state index is 0.113. The standard InChI is InChI=1S/C30H32O6/c1-17-9-22(35-16-30(3)14-33-15-30)10-18(2)25(17)20-6-4-5-19(11-20)13-34-21-7-8-23-24(12-21)36-28-26(23)27(28)29(31)32/h4-7,9-12,23,26-28H,8,13-16H2,1-3H3,(H,31,32)/t23?,26-,27-,28-/m1/s1. The lowest BCUT2D eigenvalue weighted by Crippen LogP contribution is -2.44. The largest absolute Gasteiger partial charge is 0.493 e. The fourth-order valence-electron chi connectivity index (χ4n) is 5.87. The molecule has 0 bridgehead atoms. The number of fused-ring (bicyclic) bond motifs is 3. The van der Waals surface area contributed by atoms with Crippen LogP contribution in [0.3, 0.4) is 0 Å². The molecule has 2 saturated heterocycles. The Morgan fingerprint density at radius 1 is 1.14 bits per heavy atom. The summed E-state index contributed by atoms with van der Waals surface area (Å²) in [6, 6.07) is 12.7. The molecular weight excluding hydrogens is 456 g/mol. The highest BCUT2D eigenvalue weighted by Gasteiger charge is 2.66. The van der Waals surface area contributed by atoms with E-state index in [4.69, 9.17) is 18.9 Å². The van der Waals surface area contributed by atoms with Crippen molar-refractivity contribution in [1.82, 2.24) is 0 Å². The lowest BCUT2D eigenvalue weighted by Gasteiger charge is -2.37. The fourth-order valence-corrected chi connectivity index (χ4v) is 5.87. The molecule has 188 valence electrons. The molecule has 2 heterocycles. The van der Waals surface area contributed by atoms with Crippen LogP contribution in [0.5, 0.6) is 5.75 Å². The van der Waals surface area contributed by atoms with Crippen LogP contribution in [0.25, 0.3) is 11.1 Å². The van der Waals surface area contributed by atoms with Gasteiger partial charge in [-0.1, -0.05) is 25.1 Å². The summed E-state index contributed by atoms with van der Waals surface area (Å²) in [6.07, 6.45) is 4.60. The van der Waals surface area contributed by atoms with Crippen molar-refractivity contribution < 1.29 is 28.8 Å². The number of aliphatic carboxylic acids is 1. The summed E-state index contributed by atoms with van der Waals surface area (Å²) in [7, 11) is 0. The number of carbonyl (C=O) groups is 1. The van der Waals surface area contributed by atoms with Gasteiger partial charge in [0.15, 0.2) is 0 Å². The van der Waals surface area contributed by atoms with E-state index >= 15 is 0 Å². The van der Waals surface area contributed by atoms with Gasteiger partial charge in [0.1, 0.15) is 35.9 Å². The predicted molar refractivity (Wildman–Crippen MR) is 134 cm³/mol.